The Balaban J connectivity index is 1.88. The van der Waals surface area contributed by atoms with E-state index in [1.165, 1.54) is 12.0 Å². The van der Waals surface area contributed by atoms with Crippen LogP contribution in [0.3, 0.4) is 0 Å². The van der Waals surface area contributed by atoms with Gasteiger partial charge in [0.25, 0.3) is 5.91 Å². The number of amides is 1. The van der Waals surface area contributed by atoms with Crippen molar-refractivity contribution in [2.75, 3.05) is 14.2 Å². The number of rotatable bonds is 5. The van der Waals surface area contributed by atoms with Crippen molar-refractivity contribution in [2.45, 2.75) is 12.5 Å². The third kappa shape index (κ3) is 3.62. The number of likely N-dealkylation sites (N-methyl/N-ethyl adjacent to an activating group) is 1. The summed E-state index contributed by atoms with van der Waals surface area (Å²) >= 11 is 0. The smallest absolute Gasteiger partial charge is 0.336 e. The first-order chi connectivity index (χ1) is 15.5. The van der Waals surface area contributed by atoms with Gasteiger partial charge in [-0.3, -0.25) is 4.79 Å². The van der Waals surface area contributed by atoms with Crippen LogP contribution in [-0.4, -0.2) is 35.9 Å². The SMILES string of the molecule is COC(=O)C(C)(c1ccccc1)N(C)C(=O)c1cc(-c2ccccc2)nc2ccccc12. The van der Waals surface area contributed by atoms with Crippen LogP contribution < -0.4 is 0 Å². The highest BCUT2D eigenvalue weighted by molar-refractivity contribution is 6.08. The number of hydrogen-bond acceptors (Lipinski definition) is 4. The van der Waals surface area contributed by atoms with Crippen LogP contribution >= 0.6 is 0 Å². The number of nitrogens with zero attached hydrogens (tertiary/aromatic N) is 2. The van der Waals surface area contributed by atoms with Gasteiger partial charge in [0.1, 0.15) is 0 Å². The van der Waals surface area contributed by atoms with Crippen molar-refractivity contribution in [1.29, 1.82) is 0 Å². The van der Waals surface area contributed by atoms with Gasteiger partial charge in [0.15, 0.2) is 5.54 Å². The fraction of sp³-hybridized carbons (Fsp3) is 0.148. The summed E-state index contributed by atoms with van der Waals surface area (Å²) in [4.78, 5) is 33.0. The summed E-state index contributed by atoms with van der Waals surface area (Å²) in [5, 5.41) is 0.726. The van der Waals surface area contributed by atoms with Crippen LogP contribution in [0.15, 0.2) is 91.0 Å². The average Bonchev–Trinajstić information content (AvgIpc) is 2.87. The van der Waals surface area contributed by atoms with Gasteiger partial charge in [-0.15, -0.1) is 0 Å². The third-order valence-electron chi connectivity index (χ3n) is 5.91. The Bertz CT molecular complexity index is 1270. The first-order valence-corrected chi connectivity index (χ1v) is 10.3. The van der Waals surface area contributed by atoms with Gasteiger partial charge in [0, 0.05) is 18.0 Å². The second-order valence-electron chi connectivity index (χ2n) is 7.73. The summed E-state index contributed by atoms with van der Waals surface area (Å²) < 4.78 is 5.11. The number of carbonyl (C=O) groups excluding carboxylic acids is 2. The molecule has 0 saturated heterocycles. The largest absolute Gasteiger partial charge is 0.467 e. The number of ether oxygens (including phenoxy) is 1. The number of esters is 1. The molecule has 1 amide bonds. The summed E-state index contributed by atoms with van der Waals surface area (Å²) in [5.74, 6) is -0.807. The highest BCUT2D eigenvalue weighted by atomic mass is 16.5. The normalized spacial score (nSPS) is 12.7. The number of carbonyl (C=O) groups is 2. The predicted molar refractivity (Wildman–Crippen MR) is 125 cm³/mol. The molecule has 0 N–H and O–H groups in total. The van der Waals surface area contributed by atoms with Gasteiger partial charge in [-0.05, 0) is 24.6 Å². The van der Waals surface area contributed by atoms with Crippen LogP contribution in [0.2, 0.25) is 0 Å². The van der Waals surface area contributed by atoms with E-state index in [0.717, 1.165) is 10.9 Å². The maximum Gasteiger partial charge on any atom is 0.336 e. The minimum absolute atomic E-state index is 0.294. The minimum Gasteiger partial charge on any atom is -0.467 e. The summed E-state index contributed by atoms with van der Waals surface area (Å²) in [6, 6.07) is 28.2. The Kier molecular flexibility index (Phi) is 5.73. The van der Waals surface area contributed by atoms with E-state index in [1.54, 1.807) is 20.0 Å². The molecule has 4 aromatic rings. The van der Waals surface area contributed by atoms with Gasteiger partial charge >= 0.3 is 5.97 Å². The number of hydrogen-bond donors (Lipinski definition) is 0. The maximum absolute atomic E-state index is 13.9. The molecule has 4 rings (SSSR count). The summed E-state index contributed by atoms with van der Waals surface area (Å²) in [6.45, 7) is 1.70. The van der Waals surface area contributed by atoms with E-state index in [2.05, 4.69) is 0 Å². The second kappa shape index (κ2) is 8.63. The van der Waals surface area contributed by atoms with Crippen LogP contribution in [0.25, 0.3) is 22.2 Å². The summed E-state index contributed by atoms with van der Waals surface area (Å²) in [5.41, 5.74) is 2.16. The highest BCUT2D eigenvalue weighted by Gasteiger charge is 2.43. The van der Waals surface area contributed by atoms with E-state index in [0.29, 0.717) is 22.3 Å². The first-order valence-electron chi connectivity index (χ1n) is 10.3. The molecular formula is C27H24N2O3. The van der Waals surface area contributed by atoms with Crippen LogP contribution in [0.4, 0.5) is 0 Å². The molecule has 1 heterocycles. The van der Waals surface area contributed by atoms with E-state index < -0.39 is 11.5 Å². The lowest BCUT2D eigenvalue weighted by molar-refractivity contribution is -0.152. The lowest BCUT2D eigenvalue weighted by Gasteiger charge is -2.37. The number of aromatic nitrogens is 1. The molecule has 0 fully saturated rings. The molecule has 0 aliphatic carbocycles. The van der Waals surface area contributed by atoms with Crippen molar-refractivity contribution < 1.29 is 14.3 Å². The molecule has 160 valence electrons. The van der Waals surface area contributed by atoms with Crippen LogP contribution in [0, 0.1) is 0 Å². The van der Waals surface area contributed by atoms with Gasteiger partial charge in [-0.25, -0.2) is 9.78 Å². The zero-order valence-corrected chi connectivity index (χ0v) is 18.3. The molecule has 0 aliphatic rings. The Hall–Kier alpha value is -3.99. The van der Waals surface area contributed by atoms with Crippen LogP contribution in [0.1, 0.15) is 22.8 Å². The number of benzene rings is 3. The van der Waals surface area contributed by atoms with E-state index in [1.807, 2.05) is 84.9 Å². The van der Waals surface area contributed by atoms with Crippen LogP contribution in [0.5, 0.6) is 0 Å². The summed E-state index contributed by atoms with van der Waals surface area (Å²) in [6.07, 6.45) is 0. The zero-order chi connectivity index (χ0) is 22.7. The van der Waals surface area contributed by atoms with Crippen molar-refractivity contribution in [1.82, 2.24) is 9.88 Å². The van der Waals surface area contributed by atoms with Gasteiger partial charge < -0.3 is 9.64 Å². The zero-order valence-electron chi connectivity index (χ0n) is 18.3. The Morgan fingerprint density at radius 2 is 1.47 bits per heavy atom. The number of pyridine rings is 1. The fourth-order valence-electron chi connectivity index (χ4n) is 3.90. The molecule has 0 spiro atoms. The van der Waals surface area contributed by atoms with Crippen molar-refractivity contribution in [3.8, 4) is 11.3 Å². The Labute approximate surface area is 187 Å². The molecule has 3 aromatic carbocycles. The van der Waals surface area contributed by atoms with Crippen LogP contribution in [-0.2, 0) is 15.1 Å². The van der Waals surface area contributed by atoms with E-state index in [-0.39, 0.29) is 5.91 Å². The molecule has 0 bridgehead atoms. The monoisotopic (exact) mass is 424 g/mol. The van der Waals surface area contributed by atoms with E-state index in [4.69, 9.17) is 9.72 Å². The van der Waals surface area contributed by atoms with E-state index in [9.17, 15) is 9.59 Å². The highest BCUT2D eigenvalue weighted by Crippen LogP contribution is 2.32. The summed E-state index contributed by atoms with van der Waals surface area (Å²) in [7, 11) is 2.96. The van der Waals surface area contributed by atoms with Crippen molar-refractivity contribution >= 4 is 22.8 Å². The molecule has 1 aromatic heterocycles. The standard InChI is InChI=1S/C27H24N2O3/c1-27(26(31)32-3,20-14-8-5-9-15-20)29(2)25(30)22-18-24(19-12-6-4-7-13-19)28-23-17-11-10-16-21(22)23/h4-18H,1-3H3. The quantitative estimate of drug-likeness (QED) is 0.420. The van der Waals surface area contributed by atoms with Crippen molar-refractivity contribution in [3.05, 3.63) is 102 Å². The second-order valence-corrected chi connectivity index (χ2v) is 7.73. The van der Waals surface area contributed by atoms with Gasteiger partial charge in [-0.2, -0.15) is 0 Å². The minimum atomic E-state index is -1.30. The molecule has 0 aliphatic heterocycles. The molecule has 0 saturated carbocycles. The topological polar surface area (TPSA) is 59.5 Å². The first kappa shape index (κ1) is 21.2. The van der Waals surface area contributed by atoms with Gasteiger partial charge in [0.2, 0.25) is 0 Å². The predicted octanol–water partition coefficient (Wildman–Crippen LogP) is 5.06. The molecule has 5 heteroatoms. The number of fused-ring (bicyclic) bond motifs is 1. The van der Waals surface area contributed by atoms with Crippen molar-refractivity contribution in [2.24, 2.45) is 0 Å². The number of para-hydroxylation sites is 1. The van der Waals surface area contributed by atoms with Gasteiger partial charge in [0.05, 0.1) is 23.9 Å². The average molecular weight is 425 g/mol. The Morgan fingerprint density at radius 3 is 2.12 bits per heavy atom. The van der Waals surface area contributed by atoms with E-state index >= 15 is 0 Å². The Morgan fingerprint density at radius 1 is 0.875 bits per heavy atom. The fourth-order valence-corrected chi connectivity index (χ4v) is 3.90. The molecule has 1 unspecified atom stereocenters. The maximum atomic E-state index is 13.9. The van der Waals surface area contributed by atoms with Gasteiger partial charge in [-0.1, -0.05) is 78.9 Å². The molecule has 0 radical (unpaired) electrons. The lowest BCUT2D eigenvalue weighted by Crippen LogP contribution is -2.51. The molecule has 1 atom stereocenters. The molecule has 5 nitrogen and oxygen atoms in total. The molecule has 32 heavy (non-hydrogen) atoms. The van der Waals surface area contributed by atoms with Crippen molar-refractivity contribution in [3.63, 3.8) is 0 Å². The molecular weight excluding hydrogens is 400 g/mol. The lowest BCUT2D eigenvalue weighted by atomic mass is 9.89. The third-order valence-corrected chi connectivity index (χ3v) is 5.91. The number of methoxy groups -OCH3 is 1.